The summed E-state index contributed by atoms with van der Waals surface area (Å²) < 4.78 is 4.81. The molecule has 0 aromatic carbocycles. The molecule has 0 saturated carbocycles. The summed E-state index contributed by atoms with van der Waals surface area (Å²) in [7, 11) is 1.46. The van der Waals surface area contributed by atoms with Crippen LogP contribution in [0.4, 0.5) is 5.69 Å². The van der Waals surface area contributed by atoms with E-state index in [0.717, 1.165) is 0 Å². The maximum atomic E-state index is 10.1. The van der Waals surface area contributed by atoms with E-state index in [1.165, 1.54) is 19.4 Å². The lowest BCUT2D eigenvalue weighted by molar-refractivity contribution is 0.413. The highest BCUT2D eigenvalue weighted by atomic mass is 35.5. The molecule has 60 valence electrons. The van der Waals surface area contributed by atoms with Crippen LogP contribution in [0.2, 0.25) is 5.15 Å². The van der Waals surface area contributed by atoms with E-state index >= 15 is 0 Å². The average molecular weight is 174 g/mol. The Balaban J connectivity index is 3.02. The van der Waals surface area contributed by atoms with E-state index in [-0.39, 0.29) is 5.15 Å². The van der Waals surface area contributed by atoms with Gasteiger partial charge in [0.2, 0.25) is 0 Å². The lowest BCUT2D eigenvalue weighted by Gasteiger charge is -2.10. The maximum absolute atomic E-state index is 10.1. The number of aromatic nitrogens is 1. The van der Waals surface area contributed by atoms with Crippen LogP contribution in [-0.4, -0.2) is 12.1 Å². The fraction of sp³-hybridized carbons (Fsp3) is 0.167. The average Bonchev–Trinajstić information content (AvgIpc) is 2.05. The van der Waals surface area contributed by atoms with Crippen molar-refractivity contribution in [3.8, 4) is 5.75 Å². The van der Waals surface area contributed by atoms with Crippen LogP contribution < -0.4 is 10.2 Å². The summed E-state index contributed by atoms with van der Waals surface area (Å²) >= 11 is 5.59. The molecule has 0 bridgehead atoms. The molecule has 5 heteroatoms. The van der Waals surface area contributed by atoms with Gasteiger partial charge in [0.15, 0.2) is 10.9 Å². The van der Waals surface area contributed by atoms with Crippen molar-refractivity contribution in [2.75, 3.05) is 12.6 Å². The lowest BCUT2D eigenvalue weighted by Crippen LogP contribution is -1.90. The third-order valence-corrected chi connectivity index (χ3v) is 1.43. The second-order valence-electron chi connectivity index (χ2n) is 1.82. The van der Waals surface area contributed by atoms with Gasteiger partial charge in [0.1, 0.15) is 0 Å². The van der Waals surface area contributed by atoms with Gasteiger partial charge in [-0.15, -0.1) is 0 Å². The first-order valence-electron chi connectivity index (χ1n) is 2.85. The maximum Gasteiger partial charge on any atom is 0.171 e. The normalized spacial score (nSPS) is 9.36. The SMILES string of the molecule is COc1cc(N[O-])cnc1Cl. The predicted octanol–water partition coefficient (Wildman–Crippen LogP) is 1.65. The predicted molar refractivity (Wildman–Crippen MR) is 42.8 cm³/mol. The summed E-state index contributed by atoms with van der Waals surface area (Å²) in [4.78, 5) is 3.70. The van der Waals surface area contributed by atoms with E-state index in [1.54, 1.807) is 5.48 Å². The van der Waals surface area contributed by atoms with Gasteiger partial charge in [-0.25, -0.2) is 4.98 Å². The molecule has 1 rings (SSSR count). The van der Waals surface area contributed by atoms with Gasteiger partial charge in [-0.05, 0) is 0 Å². The number of hydrogen-bond donors (Lipinski definition) is 1. The minimum Gasteiger partial charge on any atom is -0.761 e. The van der Waals surface area contributed by atoms with E-state index in [2.05, 4.69) is 4.98 Å². The van der Waals surface area contributed by atoms with E-state index < -0.39 is 0 Å². The minimum atomic E-state index is 0.242. The van der Waals surface area contributed by atoms with Crippen LogP contribution in [0.3, 0.4) is 0 Å². The summed E-state index contributed by atoms with van der Waals surface area (Å²) in [5.74, 6) is 0.382. The Labute approximate surface area is 68.7 Å². The first kappa shape index (κ1) is 8.10. The summed E-state index contributed by atoms with van der Waals surface area (Å²) in [5.41, 5.74) is 2.00. The molecule has 0 atom stereocenters. The van der Waals surface area contributed by atoms with Crippen molar-refractivity contribution in [2.45, 2.75) is 0 Å². The van der Waals surface area contributed by atoms with Gasteiger partial charge in [-0.1, -0.05) is 11.6 Å². The number of nitrogens with one attached hydrogen (secondary N) is 1. The molecular weight excluding hydrogens is 168 g/mol. The third-order valence-electron chi connectivity index (χ3n) is 1.14. The van der Waals surface area contributed by atoms with Crippen LogP contribution >= 0.6 is 11.6 Å². The molecule has 11 heavy (non-hydrogen) atoms. The molecule has 0 aliphatic rings. The Morgan fingerprint density at radius 3 is 3.00 bits per heavy atom. The molecular formula is C6H6ClN2O2-. The van der Waals surface area contributed by atoms with Gasteiger partial charge in [0.05, 0.1) is 13.3 Å². The number of anilines is 1. The van der Waals surface area contributed by atoms with Gasteiger partial charge < -0.3 is 15.4 Å². The van der Waals surface area contributed by atoms with Crippen molar-refractivity contribution in [1.29, 1.82) is 0 Å². The molecule has 4 nitrogen and oxygen atoms in total. The first-order valence-corrected chi connectivity index (χ1v) is 3.23. The molecule has 0 spiro atoms. The number of ether oxygens (including phenoxy) is 1. The van der Waals surface area contributed by atoms with Gasteiger partial charge in [0, 0.05) is 11.8 Å². The van der Waals surface area contributed by atoms with Gasteiger partial charge >= 0.3 is 0 Å². The van der Waals surface area contributed by atoms with Crippen LogP contribution in [0.1, 0.15) is 0 Å². The van der Waals surface area contributed by atoms with Crippen molar-refractivity contribution in [2.24, 2.45) is 0 Å². The quantitative estimate of drug-likeness (QED) is 0.546. The summed E-state index contributed by atoms with van der Waals surface area (Å²) in [5, 5.41) is 10.4. The molecule has 1 heterocycles. The molecule has 0 saturated heterocycles. The largest absolute Gasteiger partial charge is 0.761 e. The highest BCUT2D eigenvalue weighted by Gasteiger charge is 2.00. The molecule has 0 fully saturated rings. The molecule has 1 aromatic heterocycles. The summed E-state index contributed by atoms with van der Waals surface area (Å²) in [6, 6.07) is 1.47. The number of rotatable bonds is 2. The molecule has 0 unspecified atom stereocenters. The molecule has 1 N–H and O–H groups in total. The lowest BCUT2D eigenvalue weighted by atomic mass is 10.4. The van der Waals surface area contributed by atoms with Crippen LogP contribution in [-0.2, 0) is 0 Å². The number of methoxy groups -OCH3 is 1. The van der Waals surface area contributed by atoms with E-state index in [4.69, 9.17) is 16.3 Å². The third kappa shape index (κ3) is 1.72. The van der Waals surface area contributed by atoms with E-state index in [1.807, 2.05) is 0 Å². The zero-order chi connectivity index (χ0) is 8.27. The van der Waals surface area contributed by atoms with Crippen molar-refractivity contribution < 1.29 is 4.74 Å². The Hall–Kier alpha value is -1.00. The summed E-state index contributed by atoms with van der Waals surface area (Å²) in [6.07, 6.45) is 1.33. The van der Waals surface area contributed by atoms with Gasteiger partial charge in [0.25, 0.3) is 0 Å². The fourth-order valence-corrected chi connectivity index (χ4v) is 0.807. The fourth-order valence-electron chi connectivity index (χ4n) is 0.627. The highest BCUT2D eigenvalue weighted by molar-refractivity contribution is 6.30. The molecule has 0 aliphatic heterocycles. The van der Waals surface area contributed by atoms with E-state index in [0.29, 0.717) is 11.4 Å². The number of hydrogen-bond acceptors (Lipinski definition) is 4. The minimum absolute atomic E-state index is 0.242. The monoisotopic (exact) mass is 173 g/mol. The van der Waals surface area contributed by atoms with Crippen molar-refractivity contribution >= 4 is 17.3 Å². The molecule has 0 amide bonds. The second kappa shape index (κ2) is 3.41. The van der Waals surface area contributed by atoms with Crippen molar-refractivity contribution in [1.82, 2.24) is 4.98 Å². The van der Waals surface area contributed by atoms with Gasteiger partial charge in [-0.2, -0.15) is 0 Å². The molecule has 0 radical (unpaired) electrons. The smallest absolute Gasteiger partial charge is 0.171 e. The Morgan fingerprint density at radius 2 is 2.45 bits per heavy atom. The standard InChI is InChI=1S/C6H6ClN2O2/c1-11-5-2-4(9-10)3-8-6(5)7/h2-3,9H,1H3/q-1. The zero-order valence-corrected chi connectivity index (χ0v) is 6.55. The topological polar surface area (TPSA) is 57.2 Å². The number of halogens is 1. The number of nitrogens with zero attached hydrogens (tertiary/aromatic N) is 1. The second-order valence-corrected chi connectivity index (χ2v) is 2.18. The zero-order valence-electron chi connectivity index (χ0n) is 5.80. The number of pyridine rings is 1. The first-order chi connectivity index (χ1) is 5.27. The Bertz CT molecular complexity index is 254. The van der Waals surface area contributed by atoms with Crippen LogP contribution in [0.15, 0.2) is 12.3 Å². The molecule has 1 aromatic rings. The Morgan fingerprint density at radius 1 is 1.73 bits per heavy atom. The van der Waals surface area contributed by atoms with Crippen molar-refractivity contribution in [3.05, 3.63) is 22.6 Å². The van der Waals surface area contributed by atoms with Crippen molar-refractivity contribution in [3.63, 3.8) is 0 Å². The van der Waals surface area contributed by atoms with E-state index in [9.17, 15) is 5.21 Å². The van der Waals surface area contributed by atoms with Gasteiger partial charge in [-0.3, -0.25) is 0 Å². The van der Waals surface area contributed by atoms with Crippen LogP contribution in [0.25, 0.3) is 0 Å². The van der Waals surface area contributed by atoms with Crippen LogP contribution in [0.5, 0.6) is 5.75 Å². The molecule has 0 aliphatic carbocycles. The summed E-state index contributed by atoms with van der Waals surface area (Å²) in [6.45, 7) is 0. The Kier molecular flexibility index (Phi) is 2.51. The highest BCUT2D eigenvalue weighted by Crippen LogP contribution is 2.24. The van der Waals surface area contributed by atoms with Crippen LogP contribution in [0, 0.1) is 5.21 Å².